The van der Waals surface area contributed by atoms with E-state index in [1.165, 1.54) is 38.5 Å². The van der Waals surface area contributed by atoms with Crippen molar-refractivity contribution >= 4 is 6.01 Å². The summed E-state index contributed by atoms with van der Waals surface area (Å²) < 4.78 is 5.75. The maximum absolute atomic E-state index is 5.75. The van der Waals surface area contributed by atoms with Crippen LogP contribution in [0.25, 0.3) is 0 Å². The predicted octanol–water partition coefficient (Wildman–Crippen LogP) is 2.34. The minimum atomic E-state index is 0.549. The SMILES string of the molecule is CC1CCCC(N(C)c2nnc(CNC3CC3)o2)C1. The van der Waals surface area contributed by atoms with Gasteiger partial charge in [0.05, 0.1) is 6.54 Å². The third-order valence-electron chi connectivity index (χ3n) is 4.33. The van der Waals surface area contributed by atoms with Crippen LogP contribution in [0.1, 0.15) is 51.3 Å². The van der Waals surface area contributed by atoms with Crippen molar-refractivity contribution in [3.05, 3.63) is 5.89 Å². The Kier molecular flexibility index (Phi) is 3.73. The summed E-state index contributed by atoms with van der Waals surface area (Å²) in [5, 5.41) is 11.7. The van der Waals surface area contributed by atoms with Gasteiger partial charge in [-0.2, -0.15) is 0 Å². The molecule has 1 aromatic heterocycles. The molecule has 0 spiro atoms. The van der Waals surface area contributed by atoms with E-state index in [1.54, 1.807) is 0 Å². The lowest BCUT2D eigenvalue weighted by Gasteiger charge is -2.32. The molecule has 2 unspecified atom stereocenters. The zero-order chi connectivity index (χ0) is 13.2. The second-order valence-corrected chi connectivity index (χ2v) is 6.17. The van der Waals surface area contributed by atoms with Crippen molar-refractivity contribution in [3.8, 4) is 0 Å². The Hall–Kier alpha value is -1.10. The van der Waals surface area contributed by atoms with Crippen LogP contribution in [0.5, 0.6) is 0 Å². The monoisotopic (exact) mass is 264 g/mol. The minimum Gasteiger partial charge on any atom is -0.407 e. The molecule has 1 N–H and O–H groups in total. The summed E-state index contributed by atoms with van der Waals surface area (Å²) in [5.74, 6) is 1.51. The van der Waals surface area contributed by atoms with Crippen molar-refractivity contribution < 1.29 is 4.42 Å². The Bertz CT molecular complexity index is 415. The van der Waals surface area contributed by atoms with E-state index in [0.717, 1.165) is 5.92 Å². The summed E-state index contributed by atoms with van der Waals surface area (Å²) in [6.07, 6.45) is 7.68. The van der Waals surface area contributed by atoms with Crippen LogP contribution < -0.4 is 10.2 Å². The van der Waals surface area contributed by atoms with Crippen molar-refractivity contribution in [2.75, 3.05) is 11.9 Å². The second-order valence-electron chi connectivity index (χ2n) is 6.17. The lowest BCUT2D eigenvalue weighted by Crippen LogP contribution is -2.35. The summed E-state index contributed by atoms with van der Waals surface area (Å²) in [4.78, 5) is 2.17. The van der Waals surface area contributed by atoms with Crippen LogP contribution in [0.4, 0.5) is 6.01 Å². The summed E-state index contributed by atoms with van der Waals surface area (Å²) in [5.41, 5.74) is 0. The quantitative estimate of drug-likeness (QED) is 0.884. The number of nitrogens with zero attached hydrogens (tertiary/aromatic N) is 3. The van der Waals surface area contributed by atoms with Gasteiger partial charge in [-0.15, -0.1) is 5.10 Å². The number of aromatic nitrogens is 2. The van der Waals surface area contributed by atoms with Gasteiger partial charge in [-0.25, -0.2) is 0 Å². The minimum absolute atomic E-state index is 0.549. The van der Waals surface area contributed by atoms with Gasteiger partial charge in [0.15, 0.2) is 0 Å². The van der Waals surface area contributed by atoms with Crippen LogP contribution in [0, 0.1) is 5.92 Å². The van der Waals surface area contributed by atoms with E-state index in [4.69, 9.17) is 4.42 Å². The van der Waals surface area contributed by atoms with Crippen LogP contribution in [0.2, 0.25) is 0 Å². The smallest absolute Gasteiger partial charge is 0.318 e. The molecule has 1 aromatic rings. The molecule has 2 aliphatic rings. The van der Waals surface area contributed by atoms with Gasteiger partial charge in [0.2, 0.25) is 5.89 Å². The molecule has 0 saturated heterocycles. The van der Waals surface area contributed by atoms with Gasteiger partial charge in [0.25, 0.3) is 0 Å². The molecular formula is C14H24N4O. The van der Waals surface area contributed by atoms with Crippen LogP contribution in [0.3, 0.4) is 0 Å². The lowest BCUT2D eigenvalue weighted by molar-refractivity contribution is 0.325. The summed E-state index contributed by atoms with van der Waals surface area (Å²) in [6, 6.07) is 1.90. The molecule has 2 fully saturated rings. The van der Waals surface area contributed by atoms with E-state index in [0.29, 0.717) is 30.5 Å². The van der Waals surface area contributed by atoms with Crippen LogP contribution >= 0.6 is 0 Å². The van der Waals surface area contributed by atoms with E-state index < -0.39 is 0 Å². The first kappa shape index (κ1) is 12.9. The van der Waals surface area contributed by atoms with Gasteiger partial charge >= 0.3 is 6.01 Å². The first-order valence-electron chi connectivity index (χ1n) is 7.51. The molecule has 0 aliphatic heterocycles. The third kappa shape index (κ3) is 3.26. The molecule has 2 aliphatic carbocycles. The highest BCUT2D eigenvalue weighted by Gasteiger charge is 2.26. The maximum Gasteiger partial charge on any atom is 0.318 e. The zero-order valence-electron chi connectivity index (χ0n) is 11.9. The van der Waals surface area contributed by atoms with Crippen LogP contribution in [0.15, 0.2) is 4.42 Å². The lowest BCUT2D eigenvalue weighted by atomic mass is 9.86. The van der Waals surface area contributed by atoms with E-state index in [1.807, 2.05) is 0 Å². The molecule has 0 aromatic carbocycles. The molecule has 0 amide bonds. The Labute approximate surface area is 114 Å². The number of rotatable bonds is 5. The molecule has 0 radical (unpaired) electrons. The Balaban J connectivity index is 1.57. The average molecular weight is 264 g/mol. The molecule has 1 heterocycles. The van der Waals surface area contributed by atoms with Gasteiger partial charge < -0.3 is 14.6 Å². The van der Waals surface area contributed by atoms with Crippen molar-refractivity contribution in [2.24, 2.45) is 5.92 Å². The maximum atomic E-state index is 5.75. The Morgan fingerprint density at radius 3 is 2.84 bits per heavy atom. The van der Waals surface area contributed by atoms with Crippen molar-refractivity contribution in [2.45, 2.75) is 64.1 Å². The van der Waals surface area contributed by atoms with E-state index in [9.17, 15) is 0 Å². The number of hydrogen-bond acceptors (Lipinski definition) is 5. The summed E-state index contributed by atoms with van der Waals surface area (Å²) in [7, 11) is 2.08. The number of nitrogens with one attached hydrogen (secondary N) is 1. The van der Waals surface area contributed by atoms with Crippen molar-refractivity contribution in [1.29, 1.82) is 0 Å². The standard InChI is InChI=1S/C14H24N4O/c1-10-4-3-5-12(8-10)18(2)14-17-16-13(19-14)9-15-11-6-7-11/h10-12,15H,3-9H2,1-2H3. The highest BCUT2D eigenvalue weighted by molar-refractivity contribution is 5.24. The Morgan fingerprint density at radius 2 is 2.11 bits per heavy atom. The zero-order valence-corrected chi connectivity index (χ0v) is 11.9. The topological polar surface area (TPSA) is 54.2 Å². The van der Waals surface area contributed by atoms with Gasteiger partial charge in [-0.3, -0.25) is 0 Å². The predicted molar refractivity (Wildman–Crippen MR) is 74.0 cm³/mol. The molecule has 5 heteroatoms. The number of anilines is 1. The average Bonchev–Trinajstić information content (AvgIpc) is 3.13. The summed E-state index contributed by atoms with van der Waals surface area (Å²) in [6.45, 7) is 3.03. The van der Waals surface area contributed by atoms with Crippen molar-refractivity contribution in [1.82, 2.24) is 15.5 Å². The molecule has 106 valence electrons. The molecule has 19 heavy (non-hydrogen) atoms. The van der Waals surface area contributed by atoms with E-state index in [2.05, 4.69) is 34.4 Å². The first-order chi connectivity index (χ1) is 9.22. The fourth-order valence-corrected chi connectivity index (χ4v) is 2.89. The molecular weight excluding hydrogens is 240 g/mol. The first-order valence-corrected chi connectivity index (χ1v) is 7.51. The normalized spacial score (nSPS) is 27.5. The van der Waals surface area contributed by atoms with Gasteiger partial charge in [-0.1, -0.05) is 24.9 Å². The molecule has 2 atom stereocenters. The molecule has 2 saturated carbocycles. The van der Waals surface area contributed by atoms with Crippen LogP contribution in [-0.2, 0) is 6.54 Å². The van der Waals surface area contributed by atoms with Gasteiger partial charge in [0.1, 0.15) is 0 Å². The highest BCUT2D eigenvalue weighted by atomic mass is 16.4. The van der Waals surface area contributed by atoms with Gasteiger partial charge in [0, 0.05) is 19.1 Å². The van der Waals surface area contributed by atoms with Crippen molar-refractivity contribution in [3.63, 3.8) is 0 Å². The van der Waals surface area contributed by atoms with E-state index >= 15 is 0 Å². The van der Waals surface area contributed by atoms with Crippen LogP contribution in [-0.4, -0.2) is 29.3 Å². The van der Waals surface area contributed by atoms with E-state index in [-0.39, 0.29) is 0 Å². The highest BCUT2D eigenvalue weighted by Crippen LogP contribution is 2.29. The molecule has 0 bridgehead atoms. The Morgan fingerprint density at radius 1 is 1.26 bits per heavy atom. The molecule has 3 rings (SSSR count). The number of hydrogen-bond donors (Lipinski definition) is 1. The fraction of sp³-hybridized carbons (Fsp3) is 0.857. The second kappa shape index (κ2) is 5.49. The third-order valence-corrected chi connectivity index (χ3v) is 4.33. The summed E-state index contributed by atoms with van der Waals surface area (Å²) >= 11 is 0. The molecule has 5 nitrogen and oxygen atoms in total. The van der Waals surface area contributed by atoms with Gasteiger partial charge in [-0.05, 0) is 31.6 Å². The fourth-order valence-electron chi connectivity index (χ4n) is 2.89. The largest absolute Gasteiger partial charge is 0.407 e.